The molecule has 0 radical (unpaired) electrons. The first-order valence-corrected chi connectivity index (χ1v) is 5.60. The van der Waals surface area contributed by atoms with Gasteiger partial charge >= 0.3 is 0 Å². The van der Waals surface area contributed by atoms with Gasteiger partial charge in [0.1, 0.15) is 0 Å². The zero-order valence-corrected chi connectivity index (χ0v) is 9.15. The molecule has 2 heterocycles. The van der Waals surface area contributed by atoms with Gasteiger partial charge in [-0.1, -0.05) is 6.92 Å². The van der Waals surface area contributed by atoms with Gasteiger partial charge < -0.3 is 15.2 Å². The number of hydrogen-bond acceptors (Lipinski definition) is 5. The van der Waals surface area contributed by atoms with Gasteiger partial charge in [-0.3, -0.25) is 0 Å². The van der Waals surface area contributed by atoms with Gasteiger partial charge in [0.25, 0.3) is 5.95 Å². The molecule has 0 aromatic carbocycles. The molecule has 5 heteroatoms. The third-order valence-corrected chi connectivity index (χ3v) is 2.84. The van der Waals surface area contributed by atoms with Gasteiger partial charge in [0, 0.05) is 19.0 Å². The lowest BCUT2D eigenvalue weighted by Gasteiger charge is -2.10. The maximum Gasteiger partial charge on any atom is 0.266 e. The van der Waals surface area contributed by atoms with Crippen LogP contribution in [0.5, 0.6) is 0 Å². The third kappa shape index (κ3) is 2.28. The highest BCUT2D eigenvalue weighted by Gasteiger charge is 2.20. The van der Waals surface area contributed by atoms with Crippen LogP contribution < -0.4 is 10.6 Å². The highest BCUT2D eigenvalue weighted by molar-refractivity contribution is 5.29. The Labute approximate surface area is 89.6 Å². The van der Waals surface area contributed by atoms with Crippen LogP contribution in [0.2, 0.25) is 0 Å². The minimum absolute atomic E-state index is 0.263. The van der Waals surface area contributed by atoms with E-state index in [0.717, 1.165) is 25.5 Å². The Morgan fingerprint density at radius 2 is 2.20 bits per heavy atom. The van der Waals surface area contributed by atoms with E-state index in [1.807, 2.05) is 0 Å². The van der Waals surface area contributed by atoms with Gasteiger partial charge in [-0.25, -0.2) is 0 Å². The molecule has 1 aliphatic rings. The second-order valence-corrected chi connectivity index (χ2v) is 4.11. The SMILES string of the molecule is CC(CCN)c1nc(N2CCCC2)no1. The molecule has 5 nitrogen and oxygen atoms in total. The summed E-state index contributed by atoms with van der Waals surface area (Å²) in [5, 5.41) is 4.00. The molecule has 1 aromatic heterocycles. The molecule has 15 heavy (non-hydrogen) atoms. The van der Waals surface area contributed by atoms with Crippen molar-refractivity contribution in [3.63, 3.8) is 0 Å². The highest BCUT2D eigenvalue weighted by Crippen LogP contribution is 2.21. The summed E-state index contributed by atoms with van der Waals surface area (Å²) >= 11 is 0. The summed E-state index contributed by atoms with van der Waals surface area (Å²) in [7, 11) is 0. The van der Waals surface area contributed by atoms with Crippen LogP contribution in [0.15, 0.2) is 4.52 Å². The number of anilines is 1. The van der Waals surface area contributed by atoms with Crippen molar-refractivity contribution in [2.75, 3.05) is 24.5 Å². The van der Waals surface area contributed by atoms with Crippen molar-refractivity contribution in [3.05, 3.63) is 5.89 Å². The van der Waals surface area contributed by atoms with Crippen LogP contribution in [0.4, 0.5) is 5.95 Å². The van der Waals surface area contributed by atoms with Crippen molar-refractivity contribution >= 4 is 5.95 Å². The Morgan fingerprint density at radius 3 is 2.87 bits per heavy atom. The van der Waals surface area contributed by atoms with E-state index in [0.29, 0.717) is 12.4 Å². The van der Waals surface area contributed by atoms with Crippen LogP contribution >= 0.6 is 0 Å². The minimum atomic E-state index is 0.263. The van der Waals surface area contributed by atoms with E-state index in [9.17, 15) is 0 Å². The van der Waals surface area contributed by atoms with E-state index in [1.165, 1.54) is 12.8 Å². The van der Waals surface area contributed by atoms with E-state index < -0.39 is 0 Å². The van der Waals surface area contributed by atoms with Crippen molar-refractivity contribution in [2.45, 2.75) is 32.1 Å². The molecule has 1 fully saturated rings. The number of nitrogens with two attached hydrogens (primary N) is 1. The van der Waals surface area contributed by atoms with Gasteiger partial charge in [0.15, 0.2) is 0 Å². The van der Waals surface area contributed by atoms with Crippen molar-refractivity contribution < 1.29 is 4.52 Å². The lowest BCUT2D eigenvalue weighted by Crippen LogP contribution is -2.19. The number of nitrogens with zero attached hydrogens (tertiary/aromatic N) is 3. The van der Waals surface area contributed by atoms with Crippen molar-refractivity contribution in [1.29, 1.82) is 0 Å². The molecule has 0 spiro atoms. The van der Waals surface area contributed by atoms with Crippen molar-refractivity contribution in [2.24, 2.45) is 5.73 Å². The topological polar surface area (TPSA) is 68.2 Å². The summed E-state index contributed by atoms with van der Waals surface area (Å²) in [6, 6.07) is 0. The molecule has 0 amide bonds. The maximum atomic E-state index is 5.50. The molecule has 84 valence electrons. The molecule has 1 aliphatic heterocycles. The molecule has 1 aromatic rings. The highest BCUT2D eigenvalue weighted by atomic mass is 16.5. The van der Waals surface area contributed by atoms with E-state index in [2.05, 4.69) is 22.0 Å². The van der Waals surface area contributed by atoms with E-state index in [-0.39, 0.29) is 5.92 Å². The number of rotatable bonds is 4. The molecular formula is C10H18N4O. The Morgan fingerprint density at radius 1 is 1.47 bits per heavy atom. The second-order valence-electron chi connectivity index (χ2n) is 4.11. The predicted molar refractivity (Wildman–Crippen MR) is 57.8 cm³/mol. The molecule has 2 N–H and O–H groups in total. The Balaban J connectivity index is 2.02. The largest absolute Gasteiger partial charge is 0.338 e. The average molecular weight is 210 g/mol. The summed E-state index contributed by atoms with van der Waals surface area (Å²) in [6.45, 7) is 4.81. The smallest absolute Gasteiger partial charge is 0.266 e. The number of hydrogen-bond donors (Lipinski definition) is 1. The predicted octanol–water partition coefficient (Wildman–Crippen LogP) is 1.12. The first-order chi connectivity index (χ1) is 7.31. The van der Waals surface area contributed by atoms with E-state index >= 15 is 0 Å². The molecule has 1 atom stereocenters. The molecule has 0 saturated carbocycles. The molecule has 1 saturated heterocycles. The van der Waals surface area contributed by atoms with Crippen LogP contribution in [0.25, 0.3) is 0 Å². The summed E-state index contributed by atoms with van der Waals surface area (Å²) in [6.07, 6.45) is 3.34. The van der Waals surface area contributed by atoms with E-state index in [4.69, 9.17) is 10.3 Å². The van der Waals surface area contributed by atoms with Crippen LogP contribution in [-0.4, -0.2) is 29.8 Å². The molecular weight excluding hydrogens is 192 g/mol. The summed E-state index contributed by atoms with van der Waals surface area (Å²) in [5.41, 5.74) is 5.50. The van der Waals surface area contributed by atoms with Gasteiger partial charge in [-0.15, -0.1) is 0 Å². The van der Waals surface area contributed by atoms with Gasteiger partial charge in [0.2, 0.25) is 5.89 Å². The number of aromatic nitrogens is 2. The van der Waals surface area contributed by atoms with Crippen LogP contribution in [0, 0.1) is 0 Å². The average Bonchev–Trinajstić information content (AvgIpc) is 2.89. The molecule has 0 bridgehead atoms. The Hall–Kier alpha value is -1.10. The minimum Gasteiger partial charge on any atom is -0.338 e. The summed E-state index contributed by atoms with van der Waals surface area (Å²) in [4.78, 5) is 6.57. The fourth-order valence-electron chi connectivity index (χ4n) is 1.85. The zero-order valence-electron chi connectivity index (χ0n) is 9.15. The van der Waals surface area contributed by atoms with Crippen LogP contribution in [0.1, 0.15) is 38.0 Å². The standard InChI is InChI=1S/C10H18N4O/c1-8(4-5-11)9-12-10(13-15-9)14-6-2-3-7-14/h8H,2-7,11H2,1H3. The zero-order chi connectivity index (χ0) is 10.7. The van der Waals surface area contributed by atoms with Crippen LogP contribution in [-0.2, 0) is 0 Å². The summed E-state index contributed by atoms with van der Waals surface area (Å²) in [5.74, 6) is 1.72. The quantitative estimate of drug-likeness (QED) is 0.806. The van der Waals surface area contributed by atoms with Crippen molar-refractivity contribution in [3.8, 4) is 0 Å². The maximum absolute atomic E-state index is 5.50. The monoisotopic (exact) mass is 210 g/mol. The normalized spacial score (nSPS) is 18.4. The Kier molecular flexibility index (Phi) is 3.20. The van der Waals surface area contributed by atoms with E-state index in [1.54, 1.807) is 0 Å². The first kappa shape index (κ1) is 10.4. The molecule has 1 unspecified atom stereocenters. The molecule has 0 aliphatic carbocycles. The Bertz CT molecular complexity index is 306. The van der Waals surface area contributed by atoms with Crippen molar-refractivity contribution in [1.82, 2.24) is 10.1 Å². The summed E-state index contributed by atoms with van der Waals surface area (Å²) < 4.78 is 5.23. The van der Waals surface area contributed by atoms with Crippen LogP contribution in [0.3, 0.4) is 0 Å². The molecule has 2 rings (SSSR count). The first-order valence-electron chi connectivity index (χ1n) is 5.60. The second kappa shape index (κ2) is 4.61. The lowest BCUT2D eigenvalue weighted by atomic mass is 10.1. The lowest BCUT2D eigenvalue weighted by molar-refractivity contribution is 0.354. The van der Waals surface area contributed by atoms with Gasteiger partial charge in [-0.2, -0.15) is 4.98 Å². The fourth-order valence-corrected chi connectivity index (χ4v) is 1.85. The van der Waals surface area contributed by atoms with Gasteiger partial charge in [0.05, 0.1) is 0 Å². The third-order valence-electron chi connectivity index (χ3n) is 2.84. The fraction of sp³-hybridized carbons (Fsp3) is 0.800. The van der Waals surface area contributed by atoms with Gasteiger partial charge in [-0.05, 0) is 31.0 Å².